The minimum Gasteiger partial charge on any atom is -0.357 e. The van der Waals surface area contributed by atoms with Crippen LogP contribution in [-0.4, -0.2) is 39.7 Å². The molecule has 0 saturated heterocycles. The van der Waals surface area contributed by atoms with Crippen molar-refractivity contribution >= 4 is 29.4 Å². The number of H-pyrrole nitrogens is 1. The molecule has 216 valence electrons. The van der Waals surface area contributed by atoms with Crippen molar-refractivity contribution in [3.05, 3.63) is 78.9 Å². The minimum absolute atomic E-state index is 0. The molecule has 5 nitrogen and oxygen atoms in total. The number of rotatable bonds is 8. The van der Waals surface area contributed by atoms with E-state index in [9.17, 15) is 4.79 Å². The van der Waals surface area contributed by atoms with Gasteiger partial charge in [0.05, 0.1) is 22.8 Å². The molecule has 4 aliphatic heterocycles. The van der Waals surface area contributed by atoms with Gasteiger partial charge >= 0.3 is 19.5 Å². The molecule has 1 aromatic rings. The van der Waals surface area contributed by atoms with E-state index in [0.29, 0.717) is 6.42 Å². The Kier molecular flexibility index (Phi) is 10.1. The summed E-state index contributed by atoms with van der Waals surface area (Å²) in [5.74, 6) is 0.212. The zero-order valence-electron chi connectivity index (χ0n) is 27.0. The number of likely N-dealkylation sites (N-methyl/N-ethyl adjacent to an activating group) is 1. The van der Waals surface area contributed by atoms with Crippen molar-refractivity contribution in [3.8, 4) is 0 Å². The average molecular weight is 616 g/mol. The molecule has 0 fully saturated rings. The number of Topliss-reactive ketones (excluding diaryl/α,β-unsaturated/α-hetero) is 1. The summed E-state index contributed by atoms with van der Waals surface area (Å²) in [4.78, 5) is 30.7. The van der Waals surface area contributed by atoms with Crippen LogP contribution in [-0.2, 0) is 24.3 Å². The van der Waals surface area contributed by atoms with Gasteiger partial charge in [-0.25, -0.2) is 9.98 Å². The van der Waals surface area contributed by atoms with Gasteiger partial charge < -0.3 is 9.88 Å². The molecule has 42 heavy (non-hydrogen) atoms. The van der Waals surface area contributed by atoms with Crippen LogP contribution < -0.4 is 10.7 Å². The van der Waals surface area contributed by atoms with Crippen LogP contribution in [0.4, 0.5) is 0 Å². The maximum Gasteiger partial charge on any atom is 2.00 e. The smallest absolute Gasteiger partial charge is 0.357 e. The third-order valence-corrected chi connectivity index (χ3v) is 9.15. The molecule has 0 amide bonds. The number of nitrogens with one attached hydrogen (secondary N) is 1. The van der Waals surface area contributed by atoms with Crippen molar-refractivity contribution in [1.29, 1.82) is 0 Å². The van der Waals surface area contributed by atoms with Crippen molar-refractivity contribution in [3.63, 3.8) is 0 Å². The van der Waals surface area contributed by atoms with E-state index in [2.05, 4.69) is 89.6 Å². The van der Waals surface area contributed by atoms with Crippen molar-refractivity contribution in [2.45, 2.75) is 106 Å². The molecule has 0 aliphatic carbocycles. The van der Waals surface area contributed by atoms with Gasteiger partial charge in [0.2, 0.25) is 0 Å². The number of nitrogens with zero attached hydrogens (tertiary/aromatic N) is 3. The molecule has 5 rings (SSSR count). The molecule has 0 aromatic carbocycles. The molecule has 8 bridgehead atoms. The molecule has 1 unspecified atom stereocenters. The second kappa shape index (κ2) is 13.2. The van der Waals surface area contributed by atoms with E-state index in [-0.39, 0.29) is 31.3 Å². The first kappa shape index (κ1) is 32.1. The summed E-state index contributed by atoms with van der Waals surface area (Å²) in [6, 6.07) is 3.87. The monoisotopic (exact) mass is 614 g/mol. The molecule has 0 saturated carbocycles. The Hall–Kier alpha value is -2.85. The summed E-state index contributed by atoms with van der Waals surface area (Å²) in [7, 11) is 0. The standard InChI is InChI=1S/C36H46N4O.Zn/c1-9-23-24(10-2)32-27(13-5)33-25(11-3)26(12-4)34(39-33)28(14-6)35-29(15-7)36(41)31(40(35)16-8)20-22-18-17-21(37-22)19-30(23)38-32;/h17-20,31,37H,9-16H2,1-8H3;/q;+2. The Bertz CT molecular complexity index is 1640. The first-order chi connectivity index (χ1) is 19.9. The normalized spacial score (nSPS) is 20.4. The van der Waals surface area contributed by atoms with E-state index < -0.39 is 0 Å². The van der Waals surface area contributed by atoms with Crippen LogP contribution in [0.5, 0.6) is 0 Å². The van der Waals surface area contributed by atoms with E-state index >= 15 is 0 Å². The van der Waals surface area contributed by atoms with Gasteiger partial charge in [0.25, 0.3) is 0 Å². The summed E-state index contributed by atoms with van der Waals surface area (Å²) < 4.78 is 0. The van der Waals surface area contributed by atoms with Gasteiger partial charge in [0.1, 0.15) is 6.04 Å². The second-order valence-electron chi connectivity index (χ2n) is 11.1. The molecule has 1 atom stereocenters. The first-order valence-corrected chi connectivity index (χ1v) is 15.9. The number of hydrogen-bond acceptors (Lipinski definition) is 4. The van der Waals surface area contributed by atoms with Crippen LogP contribution in [0.2, 0.25) is 0 Å². The first-order valence-electron chi connectivity index (χ1n) is 15.9. The number of carbonyl (C=O) groups is 1. The third-order valence-electron chi connectivity index (χ3n) is 9.15. The summed E-state index contributed by atoms with van der Waals surface area (Å²) in [6.45, 7) is 18.5. The van der Waals surface area contributed by atoms with Crippen molar-refractivity contribution in [2.75, 3.05) is 6.54 Å². The number of allylic oxidation sites excluding steroid dienone is 6. The van der Waals surface area contributed by atoms with Crippen LogP contribution >= 0.6 is 0 Å². The minimum atomic E-state index is -0.324. The topological polar surface area (TPSA) is 60.8 Å². The van der Waals surface area contributed by atoms with Crippen LogP contribution in [0, 0.1) is 0 Å². The molecule has 6 heteroatoms. The number of fused-ring (bicyclic) bond motifs is 6. The van der Waals surface area contributed by atoms with Crippen molar-refractivity contribution < 1.29 is 24.3 Å². The summed E-state index contributed by atoms with van der Waals surface area (Å²) in [5, 5.41) is 1.98. The number of hydrogen-bond donors (Lipinski definition) is 1. The van der Waals surface area contributed by atoms with E-state index in [1.165, 1.54) is 33.4 Å². The predicted octanol–water partition coefficient (Wildman–Crippen LogP) is 6.99. The Balaban J connectivity index is 0.00000405. The molecular weight excluding hydrogens is 570 g/mol. The van der Waals surface area contributed by atoms with E-state index in [0.717, 1.165) is 89.9 Å². The van der Waals surface area contributed by atoms with E-state index in [1.54, 1.807) is 0 Å². The molecule has 1 aromatic heterocycles. The zero-order chi connectivity index (χ0) is 29.4. The third kappa shape index (κ3) is 5.04. The number of aromatic nitrogens is 1. The van der Waals surface area contributed by atoms with Crippen LogP contribution in [0.3, 0.4) is 0 Å². The Morgan fingerprint density at radius 1 is 0.667 bits per heavy atom. The van der Waals surface area contributed by atoms with Gasteiger partial charge in [0, 0.05) is 39.7 Å². The van der Waals surface area contributed by atoms with Gasteiger partial charge in [-0.05, 0) is 98.4 Å². The van der Waals surface area contributed by atoms with Gasteiger partial charge in [-0.2, -0.15) is 0 Å². The molecule has 0 spiro atoms. The van der Waals surface area contributed by atoms with Gasteiger partial charge in [0.15, 0.2) is 5.78 Å². The van der Waals surface area contributed by atoms with Gasteiger partial charge in [-0.1, -0.05) is 48.5 Å². The SMILES string of the molecule is CCC1=C(CC)C2=C(CC)C3=NC(=C(CC)C4=C(CC)C(=O)C(C=c5ccc([nH]5)=CC1=N2)N4CC)C(CC)=C3CC.[Zn+2]. The molecule has 0 radical (unpaired) electrons. The van der Waals surface area contributed by atoms with Crippen LogP contribution in [0.15, 0.2) is 78.2 Å². The summed E-state index contributed by atoms with van der Waals surface area (Å²) in [6.07, 6.45) is 10.4. The van der Waals surface area contributed by atoms with Gasteiger partial charge in [-0.15, -0.1) is 0 Å². The number of ketones is 1. The number of aromatic amines is 1. The van der Waals surface area contributed by atoms with Crippen LogP contribution in [0.1, 0.15) is 100 Å². The second-order valence-corrected chi connectivity index (χ2v) is 11.1. The maximum atomic E-state index is 14.0. The Morgan fingerprint density at radius 2 is 1.21 bits per heavy atom. The fourth-order valence-electron chi connectivity index (χ4n) is 7.28. The molecule has 1 N–H and O–H groups in total. The summed E-state index contributed by atoms with van der Waals surface area (Å²) >= 11 is 0. The Morgan fingerprint density at radius 3 is 1.79 bits per heavy atom. The van der Waals surface area contributed by atoms with E-state index in [4.69, 9.17) is 9.98 Å². The van der Waals surface area contributed by atoms with Gasteiger partial charge in [-0.3, -0.25) is 4.79 Å². The summed E-state index contributed by atoms with van der Waals surface area (Å²) in [5.41, 5.74) is 14.2. The predicted molar refractivity (Wildman–Crippen MR) is 172 cm³/mol. The zero-order valence-corrected chi connectivity index (χ0v) is 30.0. The Labute approximate surface area is 264 Å². The maximum absolute atomic E-state index is 14.0. The fourth-order valence-corrected chi connectivity index (χ4v) is 7.28. The molecule has 4 aliphatic rings. The van der Waals surface area contributed by atoms with Crippen molar-refractivity contribution in [2.24, 2.45) is 9.98 Å². The molecule has 5 heterocycles. The number of aliphatic imine (C=N–C) groups is 2. The molecular formula is C36H46N4OZn+2. The number of carbonyl (C=O) groups excluding carboxylic acids is 1. The average Bonchev–Trinajstić information content (AvgIpc) is 3.73. The van der Waals surface area contributed by atoms with E-state index in [1.807, 2.05) is 0 Å². The fraction of sp³-hybridized carbons (Fsp3) is 0.472. The quantitative estimate of drug-likeness (QED) is 0.320. The van der Waals surface area contributed by atoms with Crippen molar-refractivity contribution in [1.82, 2.24) is 9.88 Å². The van der Waals surface area contributed by atoms with Crippen LogP contribution in [0.25, 0.3) is 12.2 Å². The largest absolute Gasteiger partial charge is 2.00 e.